The maximum Gasteiger partial charge on any atom is 0.337 e. The van der Waals surface area contributed by atoms with Crippen molar-refractivity contribution in [3.63, 3.8) is 0 Å². The number of hydrogen-bond acceptors (Lipinski definition) is 3. The van der Waals surface area contributed by atoms with E-state index in [1.165, 1.54) is 12.1 Å². The van der Waals surface area contributed by atoms with E-state index in [0.717, 1.165) is 0 Å². The molecule has 0 aliphatic carbocycles. The third kappa shape index (κ3) is 1.47. The van der Waals surface area contributed by atoms with Crippen molar-refractivity contribution in [3.8, 4) is 5.75 Å². The summed E-state index contributed by atoms with van der Waals surface area (Å²) in [6.07, 6.45) is 0. The number of carbonyl (C=O) groups is 1. The Hall–Kier alpha value is -2.62. The van der Waals surface area contributed by atoms with Crippen molar-refractivity contribution in [1.29, 1.82) is 0 Å². The number of nitrogens with zero attached hydrogens (tertiary/aromatic N) is 1. The summed E-state index contributed by atoms with van der Waals surface area (Å²) in [7, 11) is 0. The molecule has 2 N–H and O–H groups in total. The van der Waals surface area contributed by atoms with Gasteiger partial charge >= 0.3 is 5.97 Å². The number of aromatic nitrogens is 1. The van der Waals surface area contributed by atoms with E-state index >= 15 is 0 Å². The fourth-order valence-electron chi connectivity index (χ4n) is 2.11. The van der Waals surface area contributed by atoms with Crippen LogP contribution < -0.4 is 0 Å². The number of benzene rings is 2. The lowest BCUT2D eigenvalue weighted by atomic mass is 10.0. The Bertz CT molecular complexity index is 780. The average Bonchev–Trinajstić information content (AvgIpc) is 2.35. The molecule has 0 aliphatic heterocycles. The highest BCUT2D eigenvalue weighted by Gasteiger charge is 2.15. The van der Waals surface area contributed by atoms with Gasteiger partial charge in [0.05, 0.1) is 16.6 Å². The van der Waals surface area contributed by atoms with Crippen molar-refractivity contribution in [2.24, 2.45) is 0 Å². The topological polar surface area (TPSA) is 70.4 Å². The summed E-state index contributed by atoms with van der Waals surface area (Å²) >= 11 is 0. The lowest BCUT2D eigenvalue weighted by molar-refractivity contribution is 0.0701. The first-order valence-electron chi connectivity index (χ1n) is 5.41. The zero-order chi connectivity index (χ0) is 12.7. The van der Waals surface area contributed by atoms with Gasteiger partial charge in [-0.1, -0.05) is 18.2 Å². The quantitative estimate of drug-likeness (QED) is 0.640. The van der Waals surface area contributed by atoms with Gasteiger partial charge in [0.25, 0.3) is 0 Å². The first-order chi connectivity index (χ1) is 8.66. The molecule has 0 bridgehead atoms. The number of aromatic carboxylic acids is 1. The molecular weight excluding hydrogens is 230 g/mol. The van der Waals surface area contributed by atoms with Crippen LogP contribution in [0.2, 0.25) is 0 Å². The van der Waals surface area contributed by atoms with Gasteiger partial charge in [0, 0.05) is 10.8 Å². The zero-order valence-corrected chi connectivity index (χ0v) is 9.29. The number of phenols is 1. The number of fused-ring (bicyclic) bond motifs is 2. The minimum absolute atomic E-state index is 0.0297. The van der Waals surface area contributed by atoms with Crippen LogP contribution in [0, 0.1) is 0 Å². The molecule has 0 atom stereocenters. The molecule has 0 saturated carbocycles. The summed E-state index contributed by atoms with van der Waals surface area (Å²) in [4.78, 5) is 15.8. The molecule has 0 aliphatic rings. The first kappa shape index (κ1) is 10.5. The van der Waals surface area contributed by atoms with Crippen LogP contribution in [0.5, 0.6) is 5.75 Å². The molecule has 88 valence electrons. The molecule has 1 aromatic heterocycles. The number of carboxylic acid groups (broad SMARTS) is 1. The number of pyridine rings is 1. The van der Waals surface area contributed by atoms with Crippen molar-refractivity contribution in [3.05, 3.63) is 48.0 Å². The van der Waals surface area contributed by atoms with Gasteiger partial charge in [-0.15, -0.1) is 0 Å². The smallest absolute Gasteiger partial charge is 0.337 e. The molecule has 3 rings (SSSR count). The predicted molar refractivity (Wildman–Crippen MR) is 67.9 cm³/mol. The van der Waals surface area contributed by atoms with Crippen LogP contribution in [0.3, 0.4) is 0 Å². The highest BCUT2D eigenvalue weighted by Crippen LogP contribution is 2.28. The molecule has 4 heteroatoms. The number of phenolic OH excluding ortho intramolecular Hbond substituents is 1. The van der Waals surface area contributed by atoms with Gasteiger partial charge in [-0.2, -0.15) is 0 Å². The van der Waals surface area contributed by atoms with Crippen LogP contribution in [0.25, 0.3) is 21.8 Å². The predicted octanol–water partition coefficient (Wildman–Crippen LogP) is 2.79. The number of aromatic hydroxyl groups is 1. The number of rotatable bonds is 1. The second-order valence-corrected chi connectivity index (χ2v) is 4.01. The van der Waals surface area contributed by atoms with E-state index in [1.807, 2.05) is 6.07 Å². The minimum atomic E-state index is -1.02. The van der Waals surface area contributed by atoms with Crippen LogP contribution >= 0.6 is 0 Å². The van der Waals surface area contributed by atoms with Crippen LogP contribution in [0.4, 0.5) is 0 Å². The zero-order valence-electron chi connectivity index (χ0n) is 9.29. The molecular formula is C14H9NO3. The van der Waals surface area contributed by atoms with Crippen LogP contribution in [0.15, 0.2) is 42.5 Å². The van der Waals surface area contributed by atoms with E-state index in [9.17, 15) is 15.0 Å². The minimum Gasteiger partial charge on any atom is -0.508 e. The highest BCUT2D eigenvalue weighted by molar-refractivity contribution is 6.13. The van der Waals surface area contributed by atoms with Crippen molar-refractivity contribution in [1.82, 2.24) is 4.98 Å². The van der Waals surface area contributed by atoms with Gasteiger partial charge in [0.1, 0.15) is 5.75 Å². The number of para-hydroxylation sites is 1. The van der Waals surface area contributed by atoms with Gasteiger partial charge in [0.2, 0.25) is 0 Å². The number of carboxylic acids is 1. The van der Waals surface area contributed by atoms with E-state index < -0.39 is 5.97 Å². The van der Waals surface area contributed by atoms with Gasteiger partial charge < -0.3 is 10.2 Å². The van der Waals surface area contributed by atoms with Crippen molar-refractivity contribution >= 4 is 27.8 Å². The fourth-order valence-corrected chi connectivity index (χ4v) is 2.11. The third-order valence-electron chi connectivity index (χ3n) is 2.88. The Labute approximate surface area is 102 Å². The maximum atomic E-state index is 11.4. The lowest BCUT2D eigenvalue weighted by Crippen LogP contribution is -2.00. The van der Waals surface area contributed by atoms with Gasteiger partial charge in [-0.3, -0.25) is 0 Å². The molecule has 4 nitrogen and oxygen atoms in total. The molecule has 0 amide bonds. The van der Waals surface area contributed by atoms with E-state index in [0.29, 0.717) is 21.8 Å². The van der Waals surface area contributed by atoms with Crippen molar-refractivity contribution in [2.75, 3.05) is 0 Å². The Morgan fingerprint density at radius 2 is 1.72 bits per heavy atom. The third-order valence-corrected chi connectivity index (χ3v) is 2.88. The van der Waals surface area contributed by atoms with E-state index in [2.05, 4.69) is 4.98 Å². The van der Waals surface area contributed by atoms with E-state index in [-0.39, 0.29) is 11.3 Å². The average molecular weight is 239 g/mol. The van der Waals surface area contributed by atoms with Gasteiger partial charge in [0.15, 0.2) is 0 Å². The van der Waals surface area contributed by atoms with E-state index in [1.54, 1.807) is 24.3 Å². The summed E-state index contributed by atoms with van der Waals surface area (Å²) in [5.74, 6) is -0.994. The lowest BCUT2D eigenvalue weighted by Gasteiger charge is -2.07. The molecule has 0 saturated heterocycles. The molecule has 0 radical (unpaired) electrons. The summed E-state index contributed by atoms with van der Waals surface area (Å²) < 4.78 is 0. The second-order valence-electron chi connectivity index (χ2n) is 4.01. The molecule has 1 heterocycles. The fraction of sp³-hybridized carbons (Fsp3) is 0. The first-order valence-corrected chi connectivity index (χ1v) is 5.41. The standard InChI is InChI=1S/C14H9NO3/c16-8-5-6-12-10(7-8)13(14(17)18)9-3-1-2-4-11(9)15-12/h1-7,16H,(H,17,18). The summed E-state index contributed by atoms with van der Waals surface area (Å²) in [6.45, 7) is 0. The van der Waals surface area contributed by atoms with Crippen LogP contribution in [-0.2, 0) is 0 Å². The molecule has 18 heavy (non-hydrogen) atoms. The Morgan fingerprint density at radius 1 is 1.00 bits per heavy atom. The Morgan fingerprint density at radius 3 is 2.50 bits per heavy atom. The van der Waals surface area contributed by atoms with E-state index in [4.69, 9.17) is 0 Å². The number of hydrogen-bond donors (Lipinski definition) is 2. The van der Waals surface area contributed by atoms with Gasteiger partial charge in [-0.05, 0) is 24.3 Å². The summed E-state index contributed by atoms with van der Waals surface area (Å²) in [5.41, 5.74) is 1.36. The molecule has 2 aromatic carbocycles. The summed E-state index contributed by atoms with van der Waals surface area (Å²) in [6, 6.07) is 11.6. The van der Waals surface area contributed by atoms with Crippen LogP contribution in [0.1, 0.15) is 10.4 Å². The monoisotopic (exact) mass is 239 g/mol. The SMILES string of the molecule is O=C(O)c1c2ccccc2nc2ccc(O)cc12. The second kappa shape index (κ2) is 3.70. The molecule has 0 unspecified atom stereocenters. The normalized spacial score (nSPS) is 10.9. The van der Waals surface area contributed by atoms with Gasteiger partial charge in [-0.25, -0.2) is 9.78 Å². The molecule has 0 spiro atoms. The Balaban J connectivity index is 2.59. The molecule has 3 aromatic rings. The highest BCUT2D eigenvalue weighted by atomic mass is 16.4. The van der Waals surface area contributed by atoms with Crippen molar-refractivity contribution < 1.29 is 15.0 Å². The Kier molecular flexibility index (Phi) is 2.16. The largest absolute Gasteiger partial charge is 0.508 e. The van der Waals surface area contributed by atoms with Crippen molar-refractivity contribution in [2.45, 2.75) is 0 Å². The molecule has 0 fully saturated rings. The summed E-state index contributed by atoms with van der Waals surface area (Å²) in [5, 5.41) is 19.9. The maximum absolute atomic E-state index is 11.4. The van der Waals surface area contributed by atoms with Crippen LogP contribution in [-0.4, -0.2) is 21.2 Å².